The van der Waals surface area contributed by atoms with Gasteiger partial charge in [0.2, 0.25) is 0 Å². The third-order valence-corrected chi connectivity index (χ3v) is 4.52. The van der Waals surface area contributed by atoms with Crippen LogP contribution in [0.15, 0.2) is 24.7 Å². The van der Waals surface area contributed by atoms with E-state index in [1.807, 2.05) is 6.07 Å². The lowest BCUT2D eigenvalue weighted by atomic mass is 10.1. The van der Waals surface area contributed by atoms with Crippen LogP contribution in [0.1, 0.15) is 41.5 Å². The molecule has 25 heavy (non-hydrogen) atoms. The summed E-state index contributed by atoms with van der Waals surface area (Å²) in [6.07, 6.45) is 6.06. The highest BCUT2D eigenvalue weighted by molar-refractivity contribution is 5.93. The molecule has 1 fully saturated rings. The van der Waals surface area contributed by atoms with Crippen molar-refractivity contribution in [3.8, 4) is 6.07 Å². The average Bonchev–Trinajstić information content (AvgIpc) is 3.03. The monoisotopic (exact) mass is 338 g/mol. The first-order chi connectivity index (χ1) is 12.1. The summed E-state index contributed by atoms with van der Waals surface area (Å²) in [5.41, 5.74) is 2.01. The van der Waals surface area contributed by atoms with Gasteiger partial charge in [0.05, 0.1) is 5.56 Å². The smallest absolute Gasteiger partial charge is 0.268 e. The number of amides is 1. The van der Waals surface area contributed by atoms with Gasteiger partial charge in [-0.25, -0.2) is 9.97 Å². The highest BCUT2D eigenvalue weighted by atomic mass is 16.2. The molecular formula is C18H22N6O. The van der Waals surface area contributed by atoms with E-state index in [4.69, 9.17) is 5.26 Å². The minimum Gasteiger partial charge on any atom is -0.354 e. The summed E-state index contributed by atoms with van der Waals surface area (Å²) in [5.74, 6) is 0.768. The second-order valence-corrected chi connectivity index (χ2v) is 6.32. The Hall–Kier alpha value is -2.88. The van der Waals surface area contributed by atoms with Crippen molar-refractivity contribution in [2.24, 2.45) is 7.05 Å². The van der Waals surface area contributed by atoms with E-state index in [0.29, 0.717) is 11.3 Å². The molecule has 1 atom stereocenters. The van der Waals surface area contributed by atoms with Gasteiger partial charge in [0.1, 0.15) is 23.9 Å². The summed E-state index contributed by atoms with van der Waals surface area (Å²) < 4.78 is 1.69. The number of nitrogens with one attached hydrogen (secondary N) is 1. The molecule has 0 saturated carbocycles. The van der Waals surface area contributed by atoms with Gasteiger partial charge in [-0.15, -0.1) is 0 Å². The van der Waals surface area contributed by atoms with Crippen LogP contribution in [0, 0.1) is 11.3 Å². The van der Waals surface area contributed by atoms with Crippen LogP contribution in [0.3, 0.4) is 0 Å². The molecule has 3 rings (SSSR count). The molecule has 1 unspecified atom stereocenters. The molecule has 130 valence electrons. The molecule has 7 heteroatoms. The molecule has 0 aromatic carbocycles. The fraction of sp³-hybridized carbons (Fsp3) is 0.444. The maximum atomic E-state index is 12.5. The van der Waals surface area contributed by atoms with Crippen LogP contribution in [-0.2, 0) is 13.5 Å². The Morgan fingerprint density at radius 3 is 3.00 bits per heavy atom. The Morgan fingerprint density at radius 2 is 2.28 bits per heavy atom. The number of nitriles is 1. The van der Waals surface area contributed by atoms with Gasteiger partial charge in [-0.05, 0) is 25.3 Å². The lowest BCUT2D eigenvalue weighted by Gasteiger charge is -2.34. The number of aromatic nitrogens is 3. The van der Waals surface area contributed by atoms with E-state index >= 15 is 0 Å². The summed E-state index contributed by atoms with van der Waals surface area (Å²) in [7, 11) is 1.77. The predicted molar refractivity (Wildman–Crippen MR) is 94.2 cm³/mol. The molecule has 1 saturated heterocycles. The zero-order chi connectivity index (χ0) is 17.8. The summed E-state index contributed by atoms with van der Waals surface area (Å²) >= 11 is 0. The molecule has 0 radical (unpaired) electrons. The number of nitrogens with zero attached hydrogens (tertiary/aromatic N) is 5. The quantitative estimate of drug-likeness (QED) is 0.916. The van der Waals surface area contributed by atoms with E-state index in [2.05, 4.69) is 33.2 Å². The molecule has 0 spiro atoms. The van der Waals surface area contributed by atoms with Gasteiger partial charge in [0.25, 0.3) is 5.91 Å². The van der Waals surface area contributed by atoms with Crippen molar-refractivity contribution >= 4 is 11.7 Å². The molecule has 2 aromatic heterocycles. The number of hydrogen-bond donors (Lipinski definition) is 1. The summed E-state index contributed by atoms with van der Waals surface area (Å²) in [5, 5.41) is 12.1. The molecule has 0 aliphatic carbocycles. The zero-order valence-corrected chi connectivity index (χ0v) is 14.6. The van der Waals surface area contributed by atoms with Crippen molar-refractivity contribution in [3.63, 3.8) is 0 Å². The van der Waals surface area contributed by atoms with Crippen molar-refractivity contribution in [2.45, 2.75) is 32.2 Å². The third-order valence-electron chi connectivity index (χ3n) is 4.52. The van der Waals surface area contributed by atoms with Gasteiger partial charge in [-0.1, -0.05) is 6.92 Å². The SMILES string of the molecule is CCc1cc(N2CCCC(NC(=O)c3cc(C#N)cn3C)C2)ncn1. The van der Waals surface area contributed by atoms with E-state index in [0.717, 1.165) is 43.9 Å². The van der Waals surface area contributed by atoms with Crippen LogP contribution in [0.5, 0.6) is 0 Å². The van der Waals surface area contributed by atoms with Gasteiger partial charge in [-0.2, -0.15) is 5.26 Å². The van der Waals surface area contributed by atoms with Crippen LogP contribution in [0.4, 0.5) is 5.82 Å². The van der Waals surface area contributed by atoms with E-state index < -0.39 is 0 Å². The molecule has 1 amide bonds. The van der Waals surface area contributed by atoms with Crippen LogP contribution in [0.25, 0.3) is 0 Å². The van der Waals surface area contributed by atoms with Crippen molar-refractivity contribution in [1.82, 2.24) is 19.9 Å². The maximum absolute atomic E-state index is 12.5. The van der Waals surface area contributed by atoms with E-state index in [9.17, 15) is 4.79 Å². The Labute approximate surface area is 147 Å². The second-order valence-electron chi connectivity index (χ2n) is 6.32. The highest BCUT2D eigenvalue weighted by Gasteiger charge is 2.24. The minimum atomic E-state index is -0.146. The molecule has 3 heterocycles. The number of aryl methyl sites for hydroxylation is 2. The van der Waals surface area contributed by atoms with Gasteiger partial charge >= 0.3 is 0 Å². The Morgan fingerprint density at radius 1 is 1.44 bits per heavy atom. The summed E-state index contributed by atoms with van der Waals surface area (Å²) in [4.78, 5) is 23.3. The van der Waals surface area contributed by atoms with Crippen LogP contribution >= 0.6 is 0 Å². The standard InChI is InChI=1S/C18H22N6O/c1-3-14-8-17(21-12-20-14)24-6-4-5-15(11-24)22-18(25)16-7-13(9-19)10-23(16)2/h7-8,10,12,15H,3-6,11H2,1-2H3,(H,22,25). The van der Waals surface area contributed by atoms with Gasteiger partial charge in [0.15, 0.2) is 0 Å². The van der Waals surface area contributed by atoms with Gasteiger partial charge in [0, 0.05) is 44.1 Å². The molecule has 7 nitrogen and oxygen atoms in total. The second kappa shape index (κ2) is 7.34. The Kier molecular flexibility index (Phi) is 4.98. The van der Waals surface area contributed by atoms with Crippen LogP contribution in [-0.4, -0.2) is 39.6 Å². The number of rotatable bonds is 4. The minimum absolute atomic E-state index is 0.0572. The average molecular weight is 338 g/mol. The highest BCUT2D eigenvalue weighted by Crippen LogP contribution is 2.18. The Bertz CT molecular complexity index is 806. The number of anilines is 1. The summed E-state index contributed by atoms with van der Waals surface area (Å²) in [6.45, 7) is 3.72. The fourth-order valence-corrected chi connectivity index (χ4v) is 3.17. The van der Waals surface area contributed by atoms with Crippen molar-refractivity contribution in [3.05, 3.63) is 41.6 Å². The molecule has 1 aliphatic rings. The van der Waals surface area contributed by atoms with Crippen molar-refractivity contribution in [2.75, 3.05) is 18.0 Å². The zero-order valence-electron chi connectivity index (χ0n) is 14.6. The first-order valence-corrected chi connectivity index (χ1v) is 8.54. The third kappa shape index (κ3) is 3.79. The van der Waals surface area contributed by atoms with Crippen molar-refractivity contribution < 1.29 is 4.79 Å². The first-order valence-electron chi connectivity index (χ1n) is 8.54. The van der Waals surface area contributed by atoms with Crippen LogP contribution < -0.4 is 10.2 Å². The number of carbonyl (C=O) groups excluding carboxylic acids is 1. The molecule has 1 aliphatic heterocycles. The lowest BCUT2D eigenvalue weighted by molar-refractivity contribution is 0.0925. The molecule has 1 N–H and O–H groups in total. The fourth-order valence-electron chi connectivity index (χ4n) is 3.17. The Balaban J connectivity index is 1.68. The van der Waals surface area contributed by atoms with Gasteiger partial charge < -0.3 is 14.8 Å². The predicted octanol–water partition coefficient (Wildman–Crippen LogP) is 1.65. The normalized spacial score (nSPS) is 17.2. The van der Waals surface area contributed by atoms with E-state index in [1.54, 1.807) is 30.2 Å². The van der Waals surface area contributed by atoms with Crippen molar-refractivity contribution in [1.29, 1.82) is 5.26 Å². The largest absolute Gasteiger partial charge is 0.354 e. The molecule has 0 bridgehead atoms. The number of carbonyl (C=O) groups is 1. The topological polar surface area (TPSA) is 86.8 Å². The molecular weight excluding hydrogens is 316 g/mol. The number of piperidine rings is 1. The number of hydrogen-bond acceptors (Lipinski definition) is 5. The van der Waals surface area contributed by atoms with E-state index in [1.165, 1.54) is 0 Å². The molecule has 2 aromatic rings. The van der Waals surface area contributed by atoms with E-state index in [-0.39, 0.29) is 11.9 Å². The van der Waals surface area contributed by atoms with Gasteiger partial charge in [-0.3, -0.25) is 4.79 Å². The van der Waals surface area contributed by atoms with Crippen LogP contribution in [0.2, 0.25) is 0 Å². The summed E-state index contributed by atoms with van der Waals surface area (Å²) in [6, 6.07) is 5.75. The maximum Gasteiger partial charge on any atom is 0.268 e. The lowest BCUT2D eigenvalue weighted by Crippen LogP contribution is -2.48. The first kappa shape index (κ1) is 17.0.